The lowest BCUT2D eigenvalue weighted by molar-refractivity contribution is 0.180. The maximum atomic E-state index is 13.0. The number of benzene rings is 2. The Morgan fingerprint density at radius 2 is 1.71 bits per heavy atom. The Bertz CT molecular complexity index is 1480. The van der Waals surface area contributed by atoms with Gasteiger partial charge in [-0.1, -0.05) is 41.7 Å². The van der Waals surface area contributed by atoms with Gasteiger partial charge in [0.2, 0.25) is 15.0 Å². The number of piperazine rings is 1. The first-order valence-electron chi connectivity index (χ1n) is 11.3. The van der Waals surface area contributed by atoms with Gasteiger partial charge in [-0.2, -0.15) is 13.9 Å². The summed E-state index contributed by atoms with van der Waals surface area (Å²) in [5, 5.41) is 5.15. The van der Waals surface area contributed by atoms with Gasteiger partial charge in [-0.05, 0) is 31.2 Å². The van der Waals surface area contributed by atoms with Crippen LogP contribution in [0.15, 0.2) is 70.4 Å². The highest BCUT2D eigenvalue weighted by molar-refractivity contribution is 7.89. The van der Waals surface area contributed by atoms with Crippen molar-refractivity contribution < 1.29 is 13.2 Å². The zero-order valence-corrected chi connectivity index (χ0v) is 20.8. The maximum Gasteiger partial charge on any atom is 0.275 e. The highest BCUT2D eigenvalue weighted by Gasteiger charge is 2.28. The Morgan fingerprint density at radius 1 is 1.00 bits per heavy atom. The van der Waals surface area contributed by atoms with Crippen LogP contribution in [-0.4, -0.2) is 65.0 Å². The van der Waals surface area contributed by atoms with Gasteiger partial charge < -0.3 is 4.74 Å². The number of sulfonamides is 1. The SMILES string of the molecule is CCOc1ccc(S(=O)(=O)N2CCN(Cc3cc(=O)n4nc(-c5ccccc5)sc4n3)CC2)cc1. The van der Waals surface area contributed by atoms with Crippen molar-refractivity contribution >= 4 is 26.3 Å². The fourth-order valence-electron chi connectivity index (χ4n) is 4.02. The normalized spacial score (nSPS) is 15.5. The van der Waals surface area contributed by atoms with E-state index in [9.17, 15) is 13.2 Å². The van der Waals surface area contributed by atoms with Crippen LogP contribution in [0.2, 0.25) is 0 Å². The predicted molar refractivity (Wildman–Crippen MR) is 134 cm³/mol. The molecule has 182 valence electrons. The van der Waals surface area contributed by atoms with Crippen molar-refractivity contribution in [2.75, 3.05) is 32.8 Å². The van der Waals surface area contributed by atoms with Gasteiger partial charge in [0.05, 0.1) is 17.2 Å². The van der Waals surface area contributed by atoms with Crippen molar-refractivity contribution in [2.24, 2.45) is 0 Å². The van der Waals surface area contributed by atoms with Crippen molar-refractivity contribution in [3.8, 4) is 16.3 Å². The van der Waals surface area contributed by atoms with E-state index in [1.165, 1.54) is 26.2 Å². The van der Waals surface area contributed by atoms with Crippen LogP contribution in [0, 0.1) is 0 Å². The van der Waals surface area contributed by atoms with Crippen LogP contribution in [0.3, 0.4) is 0 Å². The van der Waals surface area contributed by atoms with Crippen LogP contribution in [0.25, 0.3) is 15.5 Å². The quantitative estimate of drug-likeness (QED) is 0.376. The lowest BCUT2D eigenvalue weighted by Gasteiger charge is -2.33. The molecule has 2 aromatic carbocycles. The summed E-state index contributed by atoms with van der Waals surface area (Å²) < 4.78 is 34.3. The Labute approximate surface area is 207 Å². The van der Waals surface area contributed by atoms with Crippen molar-refractivity contribution in [1.82, 2.24) is 23.8 Å². The molecule has 0 spiro atoms. The minimum Gasteiger partial charge on any atom is -0.494 e. The van der Waals surface area contributed by atoms with Crippen LogP contribution in [0.4, 0.5) is 0 Å². The summed E-state index contributed by atoms with van der Waals surface area (Å²) in [4.78, 5) is 20.2. The molecule has 2 aromatic heterocycles. The molecular weight excluding hydrogens is 486 g/mol. The molecule has 1 aliphatic heterocycles. The van der Waals surface area contributed by atoms with E-state index in [4.69, 9.17) is 4.74 Å². The molecule has 1 saturated heterocycles. The van der Waals surface area contributed by atoms with Gasteiger partial charge in [0, 0.05) is 44.4 Å². The fourth-order valence-corrected chi connectivity index (χ4v) is 6.37. The van der Waals surface area contributed by atoms with Crippen LogP contribution in [0.5, 0.6) is 5.75 Å². The molecule has 0 saturated carbocycles. The third kappa shape index (κ3) is 4.98. The van der Waals surface area contributed by atoms with E-state index in [1.807, 2.05) is 37.3 Å². The number of ether oxygens (including phenoxy) is 1. The van der Waals surface area contributed by atoms with Crippen molar-refractivity contribution in [1.29, 1.82) is 0 Å². The molecule has 1 fully saturated rings. The zero-order chi connectivity index (χ0) is 24.4. The molecule has 4 aromatic rings. The molecule has 9 nitrogen and oxygen atoms in total. The van der Waals surface area contributed by atoms with Crippen LogP contribution < -0.4 is 10.3 Å². The van der Waals surface area contributed by atoms with Gasteiger partial charge in [-0.25, -0.2) is 13.4 Å². The lowest BCUT2D eigenvalue weighted by Crippen LogP contribution is -2.48. The highest BCUT2D eigenvalue weighted by Crippen LogP contribution is 2.24. The molecule has 0 atom stereocenters. The van der Waals surface area contributed by atoms with E-state index >= 15 is 0 Å². The first-order chi connectivity index (χ1) is 16.9. The third-order valence-corrected chi connectivity index (χ3v) is 8.68. The predicted octanol–water partition coefficient (Wildman–Crippen LogP) is 2.72. The first-order valence-corrected chi connectivity index (χ1v) is 13.6. The smallest absolute Gasteiger partial charge is 0.275 e. The van der Waals surface area contributed by atoms with Crippen LogP contribution >= 0.6 is 11.3 Å². The molecule has 3 heterocycles. The fraction of sp³-hybridized carbons (Fsp3) is 0.292. The molecule has 11 heteroatoms. The largest absolute Gasteiger partial charge is 0.494 e. The Kier molecular flexibility index (Phi) is 6.65. The molecule has 5 rings (SSSR count). The Morgan fingerprint density at radius 3 is 2.40 bits per heavy atom. The van der Waals surface area contributed by atoms with E-state index in [0.717, 1.165) is 10.6 Å². The molecule has 0 unspecified atom stereocenters. The summed E-state index contributed by atoms with van der Waals surface area (Å²) in [5.74, 6) is 0.647. The number of hydrogen-bond donors (Lipinski definition) is 0. The van der Waals surface area contributed by atoms with Gasteiger partial charge in [0.1, 0.15) is 10.8 Å². The molecule has 0 bridgehead atoms. The number of aromatic nitrogens is 3. The minimum absolute atomic E-state index is 0.222. The maximum absolute atomic E-state index is 13.0. The Hall–Kier alpha value is -3.12. The monoisotopic (exact) mass is 511 g/mol. The van der Waals surface area contributed by atoms with Crippen molar-refractivity contribution in [2.45, 2.75) is 18.4 Å². The van der Waals surface area contributed by atoms with E-state index < -0.39 is 10.0 Å². The molecule has 0 amide bonds. The third-order valence-electron chi connectivity index (χ3n) is 5.81. The lowest BCUT2D eigenvalue weighted by atomic mass is 10.2. The highest BCUT2D eigenvalue weighted by atomic mass is 32.2. The summed E-state index contributed by atoms with van der Waals surface area (Å²) in [5.41, 5.74) is 1.37. The summed E-state index contributed by atoms with van der Waals surface area (Å²) in [6, 6.07) is 17.7. The number of hydrogen-bond acceptors (Lipinski definition) is 8. The van der Waals surface area contributed by atoms with E-state index in [2.05, 4.69) is 15.0 Å². The topological polar surface area (TPSA) is 97.1 Å². The molecular formula is C24H25N5O4S2. The van der Waals surface area contributed by atoms with Gasteiger partial charge >= 0.3 is 0 Å². The molecule has 1 aliphatic rings. The van der Waals surface area contributed by atoms with E-state index in [-0.39, 0.29) is 10.5 Å². The average Bonchev–Trinajstić information content (AvgIpc) is 3.30. The standard InChI is InChI=1S/C24H25N5O4S2/c1-2-33-20-8-10-21(11-9-20)35(31,32)28-14-12-27(13-15-28)17-19-16-22(30)29-24(25-19)34-23(26-29)18-6-4-3-5-7-18/h3-11,16H,2,12-15,17H2,1H3. The molecule has 0 radical (unpaired) electrons. The van der Waals surface area contributed by atoms with Crippen LogP contribution in [0.1, 0.15) is 12.6 Å². The number of fused-ring (bicyclic) bond motifs is 1. The summed E-state index contributed by atoms with van der Waals surface area (Å²) >= 11 is 1.37. The minimum atomic E-state index is -3.57. The first kappa shape index (κ1) is 23.6. The molecule has 35 heavy (non-hydrogen) atoms. The number of nitrogens with zero attached hydrogens (tertiary/aromatic N) is 5. The van der Waals surface area contributed by atoms with Crippen LogP contribution in [-0.2, 0) is 16.6 Å². The average molecular weight is 512 g/mol. The molecule has 0 N–H and O–H groups in total. The summed E-state index contributed by atoms with van der Waals surface area (Å²) in [6.07, 6.45) is 0. The van der Waals surface area contributed by atoms with Crippen molar-refractivity contribution in [3.63, 3.8) is 0 Å². The number of rotatable bonds is 7. The molecule has 0 aliphatic carbocycles. The van der Waals surface area contributed by atoms with E-state index in [1.54, 1.807) is 24.3 Å². The van der Waals surface area contributed by atoms with Gasteiger partial charge in [0.25, 0.3) is 5.56 Å². The van der Waals surface area contributed by atoms with Gasteiger partial charge in [-0.15, -0.1) is 0 Å². The van der Waals surface area contributed by atoms with E-state index in [0.29, 0.717) is 55.7 Å². The van der Waals surface area contributed by atoms with Gasteiger partial charge in [0.15, 0.2) is 0 Å². The Balaban J connectivity index is 1.26. The van der Waals surface area contributed by atoms with Crippen molar-refractivity contribution in [3.05, 3.63) is 76.7 Å². The second-order valence-electron chi connectivity index (χ2n) is 8.14. The zero-order valence-electron chi connectivity index (χ0n) is 19.2. The second kappa shape index (κ2) is 9.86. The second-order valence-corrected chi connectivity index (χ2v) is 11.0. The van der Waals surface area contributed by atoms with Gasteiger partial charge in [-0.3, -0.25) is 9.69 Å². The summed E-state index contributed by atoms with van der Waals surface area (Å²) in [6.45, 7) is 4.73. The summed E-state index contributed by atoms with van der Waals surface area (Å²) in [7, 11) is -3.57.